The lowest BCUT2D eigenvalue weighted by Gasteiger charge is -2.44. The lowest BCUT2D eigenvalue weighted by atomic mass is 9.79. The molecule has 1 saturated heterocycles. The Labute approximate surface area is 153 Å². The summed E-state index contributed by atoms with van der Waals surface area (Å²) in [5.74, 6) is -3.20. The first-order chi connectivity index (χ1) is 12.7. The van der Waals surface area contributed by atoms with Crippen LogP contribution in [0, 0.1) is 11.8 Å². The SMILES string of the molecule is O=C(O)C1=CO[C@@H](O[C@H]2O[C@@H](CO)[C@H](O)[C@H](O)[C@H]2O)[C@H]2[C@H]1C=C[C@]2(O)CO. The van der Waals surface area contributed by atoms with Crippen LogP contribution < -0.4 is 0 Å². The van der Waals surface area contributed by atoms with Gasteiger partial charge in [0.1, 0.15) is 30.0 Å². The zero-order chi connectivity index (χ0) is 19.9. The first kappa shape index (κ1) is 20.2. The summed E-state index contributed by atoms with van der Waals surface area (Å²) in [6.07, 6.45) is -5.48. The monoisotopic (exact) mass is 390 g/mol. The number of carboxylic acids is 1. The Morgan fingerprint density at radius 2 is 1.85 bits per heavy atom. The molecular formula is C16H22O11. The van der Waals surface area contributed by atoms with Gasteiger partial charge in [0.05, 0.1) is 31.0 Å². The molecule has 2 aliphatic heterocycles. The maximum absolute atomic E-state index is 11.4. The van der Waals surface area contributed by atoms with Gasteiger partial charge in [-0.1, -0.05) is 12.2 Å². The van der Waals surface area contributed by atoms with Gasteiger partial charge in [0.2, 0.25) is 6.29 Å². The molecule has 0 radical (unpaired) electrons. The summed E-state index contributed by atoms with van der Waals surface area (Å²) in [6.45, 7) is -1.40. The number of carbonyl (C=O) groups is 1. The molecule has 27 heavy (non-hydrogen) atoms. The molecule has 0 aromatic carbocycles. The van der Waals surface area contributed by atoms with Crippen molar-refractivity contribution in [1.29, 1.82) is 0 Å². The zero-order valence-corrected chi connectivity index (χ0v) is 14.0. The van der Waals surface area contributed by atoms with Crippen LogP contribution in [0.5, 0.6) is 0 Å². The van der Waals surface area contributed by atoms with Crippen molar-refractivity contribution in [3.63, 3.8) is 0 Å². The largest absolute Gasteiger partial charge is 0.478 e. The van der Waals surface area contributed by atoms with Gasteiger partial charge in [0, 0.05) is 5.92 Å². The molecule has 0 bridgehead atoms. The van der Waals surface area contributed by atoms with Gasteiger partial charge in [-0.15, -0.1) is 0 Å². The molecule has 0 saturated carbocycles. The molecule has 11 heteroatoms. The first-order valence-electron chi connectivity index (χ1n) is 8.31. The Morgan fingerprint density at radius 3 is 2.44 bits per heavy atom. The Hall–Kier alpha value is -1.57. The van der Waals surface area contributed by atoms with E-state index < -0.39 is 73.6 Å². The summed E-state index contributed by atoms with van der Waals surface area (Å²) in [6, 6.07) is 0. The third kappa shape index (κ3) is 3.37. The molecule has 3 rings (SSSR count). The van der Waals surface area contributed by atoms with Crippen LogP contribution >= 0.6 is 0 Å². The third-order valence-electron chi connectivity index (χ3n) is 5.15. The second kappa shape index (κ2) is 7.45. The maximum atomic E-state index is 11.4. The molecule has 9 atom stereocenters. The lowest BCUT2D eigenvalue weighted by molar-refractivity contribution is -0.346. The molecule has 0 spiro atoms. The van der Waals surface area contributed by atoms with Gasteiger partial charge < -0.3 is 50.0 Å². The van der Waals surface area contributed by atoms with Gasteiger partial charge in [-0.3, -0.25) is 0 Å². The van der Waals surface area contributed by atoms with Gasteiger partial charge in [0.15, 0.2) is 6.29 Å². The number of carboxylic acid groups (broad SMARTS) is 1. The fourth-order valence-electron chi connectivity index (χ4n) is 3.60. The number of ether oxygens (including phenoxy) is 3. The van der Waals surface area contributed by atoms with Crippen molar-refractivity contribution in [3.05, 3.63) is 24.0 Å². The standard InChI is InChI=1S/C16H22O11/c17-3-8-10(19)11(20)12(21)15(26-8)27-14-9-6(1-2-16(9,24)5-18)7(4-25-14)13(22)23/h1-2,4,6,8-12,14-15,17-21,24H,3,5H2,(H,22,23)/t6-,8-,9+,10-,11-,12+,14-,15+,16-/m0/s1. The lowest BCUT2D eigenvalue weighted by Crippen LogP contribution is -2.61. The van der Waals surface area contributed by atoms with Gasteiger partial charge in [-0.2, -0.15) is 0 Å². The number of aliphatic hydroxyl groups is 6. The van der Waals surface area contributed by atoms with Crippen LogP contribution in [0.15, 0.2) is 24.0 Å². The predicted molar refractivity (Wildman–Crippen MR) is 83.6 cm³/mol. The van der Waals surface area contributed by atoms with Crippen LogP contribution in [-0.4, -0.2) is 97.5 Å². The number of hydrogen-bond donors (Lipinski definition) is 7. The Morgan fingerprint density at radius 1 is 1.15 bits per heavy atom. The van der Waals surface area contributed by atoms with E-state index in [4.69, 9.17) is 14.2 Å². The van der Waals surface area contributed by atoms with Gasteiger partial charge in [-0.05, 0) is 0 Å². The fourth-order valence-corrected chi connectivity index (χ4v) is 3.60. The highest BCUT2D eigenvalue weighted by atomic mass is 16.8. The highest BCUT2D eigenvalue weighted by molar-refractivity contribution is 5.87. The van der Waals surface area contributed by atoms with Crippen LogP contribution in [0.1, 0.15) is 0 Å². The number of fused-ring (bicyclic) bond motifs is 1. The zero-order valence-electron chi connectivity index (χ0n) is 14.0. The van der Waals surface area contributed by atoms with Crippen LogP contribution in [-0.2, 0) is 19.0 Å². The summed E-state index contributed by atoms with van der Waals surface area (Å²) >= 11 is 0. The third-order valence-corrected chi connectivity index (χ3v) is 5.15. The van der Waals surface area contributed by atoms with Gasteiger partial charge >= 0.3 is 5.97 Å². The summed E-state index contributed by atoms with van der Waals surface area (Å²) < 4.78 is 16.0. The van der Waals surface area contributed by atoms with E-state index in [0.717, 1.165) is 6.26 Å². The minimum Gasteiger partial charge on any atom is -0.478 e. The molecule has 7 N–H and O–H groups in total. The van der Waals surface area contributed by atoms with Crippen molar-refractivity contribution in [3.8, 4) is 0 Å². The van der Waals surface area contributed by atoms with Gasteiger partial charge in [-0.25, -0.2) is 4.79 Å². The maximum Gasteiger partial charge on any atom is 0.335 e. The second-order valence-corrected chi connectivity index (χ2v) is 6.78. The van der Waals surface area contributed by atoms with Crippen molar-refractivity contribution < 1.29 is 54.8 Å². The quantitative estimate of drug-likeness (QED) is 0.233. The topological polar surface area (TPSA) is 186 Å². The Bertz CT molecular complexity index is 632. The number of aliphatic hydroxyl groups excluding tert-OH is 5. The van der Waals surface area contributed by atoms with Crippen LogP contribution in [0.3, 0.4) is 0 Å². The van der Waals surface area contributed by atoms with Crippen LogP contribution in [0.4, 0.5) is 0 Å². The molecule has 0 amide bonds. The molecule has 0 unspecified atom stereocenters. The molecular weight excluding hydrogens is 368 g/mol. The average molecular weight is 390 g/mol. The number of allylic oxidation sites excluding steroid dienone is 1. The smallest absolute Gasteiger partial charge is 0.335 e. The molecule has 3 aliphatic rings. The summed E-state index contributed by atoms with van der Waals surface area (Å²) in [5.41, 5.74) is -2.01. The minimum atomic E-state index is -1.85. The van der Waals surface area contributed by atoms with E-state index in [0.29, 0.717) is 0 Å². The van der Waals surface area contributed by atoms with E-state index in [1.165, 1.54) is 12.2 Å². The van der Waals surface area contributed by atoms with Crippen molar-refractivity contribution in [2.75, 3.05) is 13.2 Å². The molecule has 1 aliphatic carbocycles. The summed E-state index contributed by atoms with van der Waals surface area (Å²) in [7, 11) is 0. The van der Waals surface area contributed by atoms with E-state index in [2.05, 4.69) is 0 Å². The molecule has 2 heterocycles. The van der Waals surface area contributed by atoms with E-state index >= 15 is 0 Å². The van der Waals surface area contributed by atoms with Gasteiger partial charge in [0.25, 0.3) is 0 Å². The van der Waals surface area contributed by atoms with Crippen molar-refractivity contribution in [2.45, 2.75) is 42.6 Å². The summed E-state index contributed by atoms with van der Waals surface area (Å²) in [4.78, 5) is 11.4. The van der Waals surface area contributed by atoms with Crippen molar-refractivity contribution >= 4 is 5.97 Å². The highest BCUT2D eigenvalue weighted by Crippen LogP contribution is 2.45. The Kier molecular flexibility index (Phi) is 5.57. The molecule has 152 valence electrons. The second-order valence-electron chi connectivity index (χ2n) is 6.78. The number of hydrogen-bond acceptors (Lipinski definition) is 10. The summed E-state index contributed by atoms with van der Waals surface area (Å²) in [5, 5.41) is 68.4. The average Bonchev–Trinajstić information content (AvgIpc) is 3.01. The van der Waals surface area contributed by atoms with Crippen LogP contribution in [0.2, 0.25) is 0 Å². The normalized spacial score (nSPS) is 46.5. The molecule has 0 aromatic heterocycles. The van der Waals surface area contributed by atoms with E-state index in [-0.39, 0.29) is 5.57 Å². The predicted octanol–water partition coefficient (Wildman–Crippen LogP) is -3.35. The number of aliphatic carboxylic acids is 1. The Balaban J connectivity index is 1.84. The van der Waals surface area contributed by atoms with Crippen molar-refractivity contribution in [2.24, 2.45) is 11.8 Å². The first-order valence-corrected chi connectivity index (χ1v) is 8.31. The van der Waals surface area contributed by atoms with E-state index in [1.807, 2.05) is 0 Å². The van der Waals surface area contributed by atoms with E-state index in [1.54, 1.807) is 0 Å². The fraction of sp³-hybridized carbons (Fsp3) is 0.688. The highest BCUT2D eigenvalue weighted by Gasteiger charge is 2.55. The molecule has 0 aromatic rings. The molecule has 11 nitrogen and oxygen atoms in total. The number of rotatable bonds is 5. The molecule has 1 fully saturated rings. The van der Waals surface area contributed by atoms with Crippen LogP contribution in [0.25, 0.3) is 0 Å². The van der Waals surface area contributed by atoms with Crippen molar-refractivity contribution in [1.82, 2.24) is 0 Å². The van der Waals surface area contributed by atoms with E-state index in [9.17, 15) is 40.5 Å². The minimum absolute atomic E-state index is 0.158.